The molecule has 0 saturated heterocycles. The quantitative estimate of drug-likeness (QED) is 0.808. The summed E-state index contributed by atoms with van der Waals surface area (Å²) in [4.78, 5) is 14.9. The second kappa shape index (κ2) is 5.81. The zero-order valence-electron chi connectivity index (χ0n) is 10.7. The Labute approximate surface area is 116 Å². The van der Waals surface area contributed by atoms with Crippen molar-refractivity contribution in [1.82, 2.24) is 10.1 Å². The smallest absolute Gasteiger partial charge is 0.421 e. The minimum atomic E-state index is -4.73. The Bertz CT molecular complexity index is 626. The van der Waals surface area contributed by atoms with Crippen LogP contribution in [0.25, 0.3) is 0 Å². The van der Waals surface area contributed by atoms with Crippen LogP contribution in [-0.4, -0.2) is 23.2 Å². The maximum atomic E-state index is 13.0. The van der Waals surface area contributed by atoms with Gasteiger partial charge in [-0.25, -0.2) is 4.79 Å². The molecule has 0 aliphatic heterocycles. The van der Waals surface area contributed by atoms with E-state index in [0.29, 0.717) is 6.20 Å². The number of aromatic nitrogens is 2. The summed E-state index contributed by atoms with van der Waals surface area (Å²) < 4.78 is 52.9. The zero-order valence-corrected chi connectivity index (χ0v) is 10.7. The molecule has 112 valence electrons. The highest BCUT2D eigenvalue weighted by molar-refractivity contribution is 5.92. The lowest BCUT2D eigenvalue weighted by Gasteiger charge is -2.15. The van der Waals surface area contributed by atoms with Crippen LogP contribution in [0.15, 0.2) is 29.2 Å². The summed E-state index contributed by atoms with van der Waals surface area (Å²) in [6.07, 6.45) is -1.96. The predicted molar refractivity (Wildman–Crippen MR) is 61.4 cm³/mol. The van der Waals surface area contributed by atoms with Crippen LogP contribution in [0.1, 0.15) is 21.6 Å². The van der Waals surface area contributed by atoms with Gasteiger partial charge in [-0.2, -0.15) is 13.2 Å². The largest absolute Gasteiger partial charge is 0.485 e. The van der Waals surface area contributed by atoms with Crippen molar-refractivity contribution < 1.29 is 32.0 Å². The van der Waals surface area contributed by atoms with Gasteiger partial charge in [-0.3, -0.25) is 4.98 Å². The highest BCUT2D eigenvalue weighted by atomic mass is 19.4. The Morgan fingerprint density at radius 2 is 2.14 bits per heavy atom. The van der Waals surface area contributed by atoms with E-state index in [9.17, 15) is 18.0 Å². The molecule has 0 aliphatic carbocycles. The molecule has 0 aliphatic rings. The van der Waals surface area contributed by atoms with E-state index in [2.05, 4.69) is 19.4 Å². The molecule has 2 aromatic heterocycles. The minimum Gasteiger partial charge on any atom is -0.485 e. The summed E-state index contributed by atoms with van der Waals surface area (Å²) in [5.74, 6) is -1.64. The van der Waals surface area contributed by atoms with Crippen LogP contribution in [0.4, 0.5) is 13.2 Å². The average Bonchev–Trinajstić information content (AvgIpc) is 2.96. The number of pyridine rings is 1. The molecule has 0 radical (unpaired) electrons. The maximum absolute atomic E-state index is 13.0. The Hall–Kier alpha value is -2.58. The topological polar surface area (TPSA) is 74.5 Å². The van der Waals surface area contributed by atoms with E-state index in [4.69, 9.17) is 4.74 Å². The van der Waals surface area contributed by atoms with Crippen molar-refractivity contribution in [2.45, 2.75) is 12.8 Å². The summed E-state index contributed by atoms with van der Waals surface area (Å²) >= 11 is 0. The number of methoxy groups -OCH3 is 1. The fraction of sp³-hybridized carbons (Fsp3) is 0.250. The molecule has 21 heavy (non-hydrogen) atoms. The van der Waals surface area contributed by atoms with Crippen LogP contribution in [0.5, 0.6) is 5.75 Å². The molecule has 0 aromatic carbocycles. The van der Waals surface area contributed by atoms with E-state index in [-0.39, 0.29) is 12.3 Å². The van der Waals surface area contributed by atoms with E-state index < -0.39 is 29.0 Å². The number of ether oxygens (including phenoxy) is 2. The van der Waals surface area contributed by atoms with E-state index >= 15 is 0 Å². The van der Waals surface area contributed by atoms with Crippen LogP contribution in [0, 0.1) is 0 Å². The van der Waals surface area contributed by atoms with Crippen LogP contribution in [0.3, 0.4) is 0 Å². The molecule has 2 rings (SSSR count). The normalized spacial score (nSPS) is 11.2. The summed E-state index contributed by atoms with van der Waals surface area (Å²) in [5.41, 5.74) is -1.32. The third-order valence-corrected chi connectivity index (χ3v) is 2.46. The molecule has 6 nitrogen and oxygen atoms in total. The molecule has 0 N–H and O–H groups in total. The van der Waals surface area contributed by atoms with Crippen molar-refractivity contribution in [3.05, 3.63) is 41.5 Å². The Kier molecular flexibility index (Phi) is 4.10. The van der Waals surface area contributed by atoms with Gasteiger partial charge in [0.25, 0.3) is 0 Å². The summed E-state index contributed by atoms with van der Waals surface area (Å²) in [7, 11) is 1.05. The van der Waals surface area contributed by atoms with Gasteiger partial charge in [-0.05, 0) is 0 Å². The van der Waals surface area contributed by atoms with Gasteiger partial charge in [0.1, 0.15) is 35.4 Å². The summed E-state index contributed by atoms with van der Waals surface area (Å²) in [6, 6.07) is 1.42. The molecule has 0 atom stereocenters. The van der Waals surface area contributed by atoms with Crippen molar-refractivity contribution in [1.29, 1.82) is 0 Å². The number of hydrogen-bond donors (Lipinski definition) is 0. The van der Waals surface area contributed by atoms with Gasteiger partial charge in [-0.15, -0.1) is 0 Å². The first-order valence-corrected chi connectivity index (χ1v) is 5.59. The van der Waals surface area contributed by atoms with E-state index in [1.807, 2.05) is 0 Å². The number of alkyl halides is 3. The average molecular weight is 302 g/mol. The van der Waals surface area contributed by atoms with Gasteiger partial charge in [0, 0.05) is 18.5 Å². The number of nitrogens with zero attached hydrogens (tertiary/aromatic N) is 2. The molecule has 0 spiro atoms. The molecule has 0 amide bonds. The van der Waals surface area contributed by atoms with Gasteiger partial charge in [0.15, 0.2) is 0 Å². The van der Waals surface area contributed by atoms with Gasteiger partial charge < -0.3 is 14.0 Å². The predicted octanol–water partition coefficient (Wildman–Crippen LogP) is 2.45. The van der Waals surface area contributed by atoms with Gasteiger partial charge >= 0.3 is 12.1 Å². The Morgan fingerprint density at radius 3 is 2.71 bits per heavy atom. The molecule has 2 aromatic rings. The second-order valence-electron chi connectivity index (χ2n) is 3.83. The van der Waals surface area contributed by atoms with E-state index in [1.54, 1.807) is 0 Å². The third-order valence-electron chi connectivity index (χ3n) is 2.46. The molecule has 2 heterocycles. The van der Waals surface area contributed by atoms with E-state index in [0.717, 1.165) is 13.3 Å². The fourth-order valence-corrected chi connectivity index (χ4v) is 1.52. The monoisotopic (exact) mass is 302 g/mol. The molecule has 0 unspecified atom stereocenters. The molecule has 9 heteroatoms. The highest BCUT2D eigenvalue weighted by Gasteiger charge is 2.37. The maximum Gasteiger partial charge on any atom is 0.421 e. The lowest BCUT2D eigenvalue weighted by atomic mass is 10.1. The lowest BCUT2D eigenvalue weighted by Crippen LogP contribution is -2.14. The van der Waals surface area contributed by atoms with Crippen LogP contribution < -0.4 is 4.74 Å². The summed E-state index contributed by atoms with van der Waals surface area (Å²) in [6.45, 7) is -0.298. The van der Waals surface area contributed by atoms with Crippen molar-refractivity contribution in [2.75, 3.05) is 7.11 Å². The van der Waals surface area contributed by atoms with Crippen LogP contribution >= 0.6 is 0 Å². The Morgan fingerprint density at radius 1 is 1.38 bits per heavy atom. The first-order chi connectivity index (χ1) is 9.93. The summed E-state index contributed by atoms with van der Waals surface area (Å²) in [5, 5.41) is 3.50. The molecule has 0 bridgehead atoms. The first kappa shape index (κ1) is 14.8. The minimum absolute atomic E-state index is 0.274. The van der Waals surface area contributed by atoms with Crippen molar-refractivity contribution >= 4 is 5.97 Å². The molecular formula is C12H9F3N2O4. The SMILES string of the molecule is COC(=O)c1cncc(C(F)(F)F)c1OCc1ccon1. The number of esters is 1. The zero-order chi connectivity index (χ0) is 15.5. The fourth-order valence-electron chi connectivity index (χ4n) is 1.52. The Balaban J connectivity index is 2.40. The molecule has 0 fully saturated rings. The molecular weight excluding hydrogens is 293 g/mol. The first-order valence-electron chi connectivity index (χ1n) is 5.59. The lowest BCUT2D eigenvalue weighted by molar-refractivity contribution is -0.139. The van der Waals surface area contributed by atoms with E-state index in [1.165, 1.54) is 12.3 Å². The highest BCUT2D eigenvalue weighted by Crippen LogP contribution is 2.38. The second-order valence-corrected chi connectivity index (χ2v) is 3.83. The standard InChI is InChI=1S/C12H9F3N2O4/c1-19-11(18)8-4-16-5-9(12(13,14)15)10(8)20-6-7-2-3-21-17-7/h2-5H,6H2,1H3. The van der Waals surface area contributed by atoms with Crippen LogP contribution in [-0.2, 0) is 17.5 Å². The van der Waals surface area contributed by atoms with Crippen molar-refractivity contribution in [3.63, 3.8) is 0 Å². The van der Waals surface area contributed by atoms with Gasteiger partial charge in [-0.1, -0.05) is 5.16 Å². The van der Waals surface area contributed by atoms with Gasteiger partial charge in [0.05, 0.1) is 7.11 Å². The van der Waals surface area contributed by atoms with Crippen molar-refractivity contribution in [2.24, 2.45) is 0 Å². The number of halogens is 3. The molecule has 0 saturated carbocycles. The van der Waals surface area contributed by atoms with Crippen molar-refractivity contribution in [3.8, 4) is 5.75 Å². The van der Waals surface area contributed by atoms with Crippen LogP contribution in [0.2, 0.25) is 0 Å². The van der Waals surface area contributed by atoms with Gasteiger partial charge in [0.2, 0.25) is 0 Å². The third kappa shape index (κ3) is 3.30. The number of hydrogen-bond acceptors (Lipinski definition) is 6. The number of rotatable bonds is 4. The number of carbonyl (C=O) groups excluding carboxylic acids is 1. The number of carbonyl (C=O) groups is 1.